The fourth-order valence-corrected chi connectivity index (χ4v) is 3.45. The van der Waals surface area contributed by atoms with Crippen LogP contribution in [0.25, 0.3) is 0 Å². The summed E-state index contributed by atoms with van der Waals surface area (Å²) in [5, 5.41) is 14.7. The summed E-state index contributed by atoms with van der Waals surface area (Å²) in [7, 11) is 7.27. The highest BCUT2D eigenvalue weighted by Crippen LogP contribution is 2.46. The summed E-state index contributed by atoms with van der Waals surface area (Å²) in [6, 6.07) is 7.60. The second-order valence-corrected chi connectivity index (χ2v) is 6.87. The zero-order valence-electron chi connectivity index (χ0n) is 18.8. The first-order chi connectivity index (χ1) is 15.9. The van der Waals surface area contributed by atoms with Crippen molar-refractivity contribution in [2.75, 3.05) is 28.4 Å². The molecule has 0 spiro atoms. The molecule has 1 heterocycles. The molecule has 0 aliphatic rings. The molecule has 1 atom stereocenters. The molecule has 1 N–H and O–H groups in total. The van der Waals surface area contributed by atoms with E-state index in [1.54, 1.807) is 55.4 Å². The van der Waals surface area contributed by atoms with Crippen molar-refractivity contribution in [1.82, 2.24) is 14.9 Å². The number of nitrogens with one attached hydrogen (secondary N) is 1. The summed E-state index contributed by atoms with van der Waals surface area (Å²) < 4.78 is 22.7. The average molecular weight is 456 g/mol. The molecule has 0 aliphatic carbocycles. The second-order valence-electron chi connectivity index (χ2n) is 6.87. The van der Waals surface area contributed by atoms with E-state index in [0.717, 1.165) is 0 Å². The molecule has 1 unspecified atom stereocenters. The Kier molecular flexibility index (Phi) is 7.01. The van der Waals surface area contributed by atoms with E-state index in [1.807, 2.05) is 0 Å². The van der Waals surface area contributed by atoms with Gasteiger partial charge in [0, 0.05) is 25.5 Å². The van der Waals surface area contributed by atoms with Crippen LogP contribution >= 0.6 is 0 Å². The van der Waals surface area contributed by atoms with Gasteiger partial charge < -0.3 is 28.8 Å². The summed E-state index contributed by atoms with van der Waals surface area (Å²) in [6.45, 7) is 0. The van der Waals surface area contributed by atoms with Crippen molar-refractivity contribution in [3.05, 3.63) is 69.8 Å². The number of carbonyl (C=O) groups is 1. The van der Waals surface area contributed by atoms with Gasteiger partial charge in [0.25, 0.3) is 5.91 Å². The molecule has 0 fully saturated rings. The lowest BCUT2D eigenvalue weighted by atomic mass is 10.0. The molecule has 0 saturated carbocycles. The van der Waals surface area contributed by atoms with Crippen LogP contribution in [0.4, 0.5) is 5.69 Å². The lowest BCUT2D eigenvalue weighted by Crippen LogP contribution is -2.31. The van der Waals surface area contributed by atoms with Gasteiger partial charge in [-0.15, -0.1) is 0 Å². The van der Waals surface area contributed by atoms with Crippen molar-refractivity contribution in [3.63, 3.8) is 0 Å². The summed E-state index contributed by atoms with van der Waals surface area (Å²) in [6.07, 6.45) is 3.33. The molecular formula is C22H24N4O7. The second kappa shape index (κ2) is 9.90. The number of aromatic nitrogens is 2. The van der Waals surface area contributed by atoms with Crippen LogP contribution in [0.2, 0.25) is 0 Å². The van der Waals surface area contributed by atoms with E-state index >= 15 is 0 Å². The Morgan fingerprint density at radius 2 is 1.73 bits per heavy atom. The third kappa shape index (κ3) is 4.52. The zero-order chi connectivity index (χ0) is 24.1. The van der Waals surface area contributed by atoms with E-state index in [-0.39, 0.29) is 22.8 Å². The van der Waals surface area contributed by atoms with Gasteiger partial charge in [-0.2, -0.15) is 0 Å². The van der Waals surface area contributed by atoms with Crippen LogP contribution in [0.5, 0.6) is 23.0 Å². The maximum Gasteiger partial charge on any atom is 0.327 e. The molecule has 0 bridgehead atoms. The number of benzene rings is 2. The Bertz CT molecular complexity index is 1160. The van der Waals surface area contributed by atoms with Gasteiger partial charge in [0.15, 0.2) is 5.75 Å². The molecular weight excluding hydrogens is 432 g/mol. The molecule has 3 rings (SSSR count). The van der Waals surface area contributed by atoms with Crippen molar-refractivity contribution in [2.24, 2.45) is 7.05 Å². The fourth-order valence-electron chi connectivity index (χ4n) is 3.45. The zero-order valence-corrected chi connectivity index (χ0v) is 18.8. The maximum absolute atomic E-state index is 13.4. The quantitative estimate of drug-likeness (QED) is 0.385. The predicted octanol–water partition coefficient (Wildman–Crippen LogP) is 2.88. The van der Waals surface area contributed by atoms with Gasteiger partial charge >= 0.3 is 5.69 Å². The van der Waals surface area contributed by atoms with Crippen molar-refractivity contribution in [1.29, 1.82) is 0 Å². The number of nitro groups is 1. The number of nitro benzene ring substituents is 1. The number of ether oxygens (including phenoxy) is 4. The number of hydrogen-bond donors (Lipinski definition) is 1. The summed E-state index contributed by atoms with van der Waals surface area (Å²) in [5.41, 5.74) is -0.0864. The first-order valence-corrected chi connectivity index (χ1v) is 9.75. The smallest absolute Gasteiger partial charge is 0.327 e. The Hall–Kier alpha value is -4.28. The molecule has 2 aromatic carbocycles. The topological polar surface area (TPSA) is 127 Å². The molecule has 11 nitrogen and oxygen atoms in total. The van der Waals surface area contributed by atoms with E-state index in [4.69, 9.17) is 18.9 Å². The number of rotatable bonds is 9. The first kappa shape index (κ1) is 23.4. The van der Waals surface area contributed by atoms with Crippen molar-refractivity contribution in [3.8, 4) is 23.0 Å². The molecule has 11 heteroatoms. The number of hydrogen-bond acceptors (Lipinski definition) is 8. The number of nitrogens with zero attached hydrogens (tertiary/aromatic N) is 3. The van der Waals surface area contributed by atoms with Crippen LogP contribution in [-0.4, -0.2) is 48.8 Å². The average Bonchev–Trinajstić information content (AvgIpc) is 3.26. The van der Waals surface area contributed by atoms with Crippen LogP contribution in [0.3, 0.4) is 0 Å². The summed E-state index contributed by atoms with van der Waals surface area (Å²) >= 11 is 0. The number of methoxy groups -OCH3 is 4. The largest absolute Gasteiger partial charge is 0.497 e. The molecule has 0 aliphatic heterocycles. The monoisotopic (exact) mass is 456 g/mol. The van der Waals surface area contributed by atoms with E-state index in [9.17, 15) is 14.9 Å². The molecule has 0 saturated heterocycles. The van der Waals surface area contributed by atoms with E-state index in [2.05, 4.69) is 10.3 Å². The van der Waals surface area contributed by atoms with Gasteiger partial charge in [-0.1, -0.05) is 12.1 Å². The fraction of sp³-hybridized carbons (Fsp3) is 0.273. The normalized spacial score (nSPS) is 11.4. The van der Waals surface area contributed by atoms with Crippen molar-refractivity contribution < 1.29 is 28.7 Å². The molecule has 174 valence electrons. The summed E-state index contributed by atoms with van der Waals surface area (Å²) in [4.78, 5) is 28.9. The highest BCUT2D eigenvalue weighted by atomic mass is 16.6. The van der Waals surface area contributed by atoms with Gasteiger partial charge in [-0.05, 0) is 17.7 Å². The molecule has 1 amide bonds. The highest BCUT2D eigenvalue weighted by molar-refractivity contribution is 6.01. The van der Waals surface area contributed by atoms with Crippen LogP contribution in [0, 0.1) is 10.1 Å². The third-order valence-electron chi connectivity index (χ3n) is 5.07. The molecule has 3 aromatic rings. The molecule has 0 radical (unpaired) electrons. The Morgan fingerprint density at radius 3 is 2.21 bits per heavy atom. The number of carbonyl (C=O) groups excluding carboxylic acids is 1. The van der Waals surface area contributed by atoms with Crippen LogP contribution in [0.1, 0.15) is 27.8 Å². The minimum absolute atomic E-state index is 0.0130. The SMILES string of the molecule is COc1ccc(C(NC(=O)c2cc(OC)c(OC)c(OC)c2[N+](=O)[O-])c2nccn2C)cc1. The van der Waals surface area contributed by atoms with Gasteiger partial charge in [-0.25, -0.2) is 4.98 Å². The van der Waals surface area contributed by atoms with Crippen molar-refractivity contribution in [2.45, 2.75) is 6.04 Å². The standard InChI is InChI=1S/C22H24N4O7/c1-25-11-10-23-21(25)17(13-6-8-14(30-2)9-7-13)24-22(27)15-12-16(31-3)19(32-4)20(33-5)18(15)26(28)29/h6-12,17H,1-5H3,(H,24,27). The molecule has 1 aromatic heterocycles. The lowest BCUT2D eigenvalue weighted by Gasteiger charge is -2.20. The number of aryl methyl sites for hydroxylation is 1. The highest BCUT2D eigenvalue weighted by Gasteiger charge is 2.34. The predicted molar refractivity (Wildman–Crippen MR) is 118 cm³/mol. The van der Waals surface area contributed by atoms with Gasteiger partial charge in [0.05, 0.1) is 33.4 Å². The Morgan fingerprint density at radius 1 is 1.06 bits per heavy atom. The summed E-state index contributed by atoms with van der Waals surface area (Å²) in [5.74, 6) is 0.365. The van der Waals surface area contributed by atoms with Gasteiger partial charge in [0.1, 0.15) is 23.2 Å². The van der Waals surface area contributed by atoms with Gasteiger partial charge in [0.2, 0.25) is 11.5 Å². The minimum Gasteiger partial charge on any atom is -0.497 e. The van der Waals surface area contributed by atoms with Crippen LogP contribution in [0.15, 0.2) is 42.7 Å². The van der Waals surface area contributed by atoms with Gasteiger partial charge in [-0.3, -0.25) is 14.9 Å². The Labute approximate surface area is 190 Å². The van der Waals surface area contributed by atoms with Crippen LogP contribution < -0.4 is 24.3 Å². The van der Waals surface area contributed by atoms with E-state index < -0.39 is 22.6 Å². The number of amides is 1. The van der Waals surface area contributed by atoms with Crippen molar-refractivity contribution >= 4 is 11.6 Å². The third-order valence-corrected chi connectivity index (χ3v) is 5.07. The first-order valence-electron chi connectivity index (χ1n) is 9.75. The van der Waals surface area contributed by atoms with Crippen LogP contribution in [-0.2, 0) is 7.05 Å². The van der Waals surface area contributed by atoms with E-state index in [1.165, 1.54) is 27.4 Å². The van der Waals surface area contributed by atoms with E-state index in [0.29, 0.717) is 17.1 Å². The number of imidazole rings is 1. The maximum atomic E-state index is 13.4. The molecule has 33 heavy (non-hydrogen) atoms. The Balaban J connectivity index is 2.12. The lowest BCUT2D eigenvalue weighted by molar-refractivity contribution is -0.386. The minimum atomic E-state index is -0.718.